The van der Waals surface area contributed by atoms with Crippen molar-refractivity contribution in [2.75, 3.05) is 162 Å². The van der Waals surface area contributed by atoms with Gasteiger partial charge in [0.15, 0.2) is 41.9 Å². The van der Waals surface area contributed by atoms with Gasteiger partial charge >= 0.3 is 38.3 Å². The first-order valence-electron chi connectivity index (χ1n) is 44.6. The number of imidazole rings is 1. The van der Waals surface area contributed by atoms with Gasteiger partial charge in [0.1, 0.15) is 111 Å². The molecule has 4 saturated heterocycles. The number of methoxy groups -OCH3 is 4. The Morgan fingerprint density at radius 2 is 0.739 bits per heavy atom. The highest BCUT2D eigenvalue weighted by Crippen LogP contribution is 2.59. The summed E-state index contributed by atoms with van der Waals surface area (Å²) < 4.78 is 156. The van der Waals surface area contributed by atoms with Crippen LogP contribution in [0.1, 0.15) is 96.4 Å². The van der Waals surface area contributed by atoms with Crippen molar-refractivity contribution in [3.8, 4) is 0 Å². The molecule has 758 valence electrons. The van der Waals surface area contributed by atoms with Crippen molar-refractivity contribution in [1.82, 2.24) is 48.2 Å². The Balaban J connectivity index is 0.876. The fraction of sp³-hybridized carbons (Fsp3) is 0.467. The summed E-state index contributed by atoms with van der Waals surface area (Å²) in [5.41, 5.74) is -0.956. The number of hydrogen-bond acceptors (Lipinski definition) is 38. The van der Waals surface area contributed by atoms with Crippen molar-refractivity contribution in [1.29, 1.82) is 0 Å². The topological polar surface area (TPSA) is 509 Å². The zero-order valence-electron chi connectivity index (χ0n) is 78.2. The second-order valence-electron chi connectivity index (χ2n) is 31.8. The molecular formula is C90H106N17O30P3S2. The van der Waals surface area contributed by atoms with Gasteiger partial charge in [-0.25, -0.2) is 53.6 Å². The molecule has 0 saturated carbocycles. The fourth-order valence-corrected chi connectivity index (χ4v) is 20.9. The van der Waals surface area contributed by atoms with Crippen LogP contribution >= 0.6 is 21.3 Å². The number of benzene rings is 4. The number of fused-ring (bicyclic) bond motifs is 1. The van der Waals surface area contributed by atoms with Gasteiger partial charge in [0, 0.05) is 86.0 Å². The third-order valence-corrected chi connectivity index (χ3v) is 28.4. The molecule has 9 aromatic rings. The average molecular weight is 2060 g/mol. The zero-order chi connectivity index (χ0) is 101. The number of ether oxygens (including phenoxy) is 12. The monoisotopic (exact) mass is 2060 g/mol. The number of aliphatic hydroxyl groups is 1. The Morgan fingerprint density at radius 1 is 0.408 bits per heavy atom. The highest BCUT2D eigenvalue weighted by atomic mass is 32.5. The maximum absolute atomic E-state index is 16.8. The van der Waals surface area contributed by atoms with Gasteiger partial charge in [0.25, 0.3) is 23.6 Å². The van der Waals surface area contributed by atoms with Crippen molar-refractivity contribution in [2.24, 2.45) is 0 Å². The number of phosphoric acid groups is 1. The van der Waals surface area contributed by atoms with Crippen LogP contribution in [0.3, 0.4) is 0 Å². The molecule has 4 fully saturated rings. The number of aromatic nitrogens is 10. The Kier molecular flexibility index (Phi) is 39.7. The first-order chi connectivity index (χ1) is 68.7. The number of phosphoric ester groups is 1. The van der Waals surface area contributed by atoms with Gasteiger partial charge in [0.2, 0.25) is 19.6 Å². The molecule has 142 heavy (non-hydrogen) atoms. The van der Waals surface area contributed by atoms with Crippen LogP contribution in [0, 0.1) is 40.5 Å². The van der Waals surface area contributed by atoms with E-state index in [4.69, 9.17) is 141 Å². The lowest BCUT2D eigenvalue weighted by molar-refractivity contribution is -0.0855. The summed E-state index contributed by atoms with van der Waals surface area (Å²) in [6, 6.07) is 32.8. The minimum atomic E-state index is -5.56. The van der Waals surface area contributed by atoms with Gasteiger partial charge < -0.3 is 116 Å². The molecule has 5 aromatic heterocycles. The van der Waals surface area contributed by atoms with Crippen LogP contribution in [0.25, 0.3) is 25.7 Å². The highest BCUT2D eigenvalue weighted by Gasteiger charge is 2.57. The molecule has 47 nitrogen and oxygen atoms in total. The molecule has 52 heteroatoms. The standard InChI is InChI=1S/C90H106N17O30P3S2/c1-12-62-68(72(122-44-40-118-9)87(131-62)107-54-96-66-78(94-53-95-79(66)107)100-83(112)61-31-23-16-24-32-61)136-140(142,127-38-35-93-7)130-52-65-69(73(123-45-41-119-10)85(134-65)105-48-56(3)76(102-89(105)114)98-81(110)59-27-19-14-20-28-59)135-138(116,125-36-33-91-5)128-51-64-70(74(124-46-42-120-11)86(133-64)106-49-57(4)77(103-90(106)115)99-82(111)60-29-21-15-22-30-60)137-139(141,126-37-34-92-6)129-50-63-67(108)71(121-43-39-117-8)84(132-63)104-47-55(2)75(101-88(104)113)97-80(109)58-25-17-13-18-26-58/h13-32,47-49,53-54,62-65,67-74,84-87,108H,12,33-46,50-52H2,1-4,8-11H3,(H,94,95,100,112)(H,97,101,109,113)(H,98,102,110,114)(H,99,103,111,115)/t62-,63-,64-,65-,67?,68?,69?,70?,71+,72+,73+,74+,84-,85-,86-,87-,138?,139?,140?/m1/s1. The van der Waals surface area contributed by atoms with E-state index in [0.717, 1.165) is 13.7 Å². The van der Waals surface area contributed by atoms with E-state index in [-0.39, 0.29) is 140 Å². The van der Waals surface area contributed by atoms with Crippen LogP contribution < -0.4 is 38.3 Å². The lowest BCUT2D eigenvalue weighted by Gasteiger charge is -2.32. The molecule has 7 unspecified atom stereocenters. The number of anilines is 4. The van der Waals surface area contributed by atoms with E-state index in [0.29, 0.717) is 5.56 Å². The summed E-state index contributed by atoms with van der Waals surface area (Å²) in [6.45, 7) is 14.5. The number of amides is 4. The van der Waals surface area contributed by atoms with Crippen LogP contribution in [0.5, 0.6) is 0 Å². The molecule has 5 N–H and O–H groups in total. The molecule has 4 amide bonds. The second-order valence-corrected chi connectivity index (χ2v) is 39.3. The molecule has 19 atom stereocenters. The lowest BCUT2D eigenvalue weighted by Crippen LogP contribution is -2.41. The predicted octanol–water partition coefficient (Wildman–Crippen LogP) is 8.59. The van der Waals surface area contributed by atoms with Crippen molar-refractivity contribution in [3.63, 3.8) is 0 Å². The van der Waals surface area contributed by atoms with Gasteiger partial charge in [-0.05, 0) is 99.3 Å². The van der Waals surface area contributed by atoms with Crippen LogP contribution in [0.4, 0.5) is 23.3 Å². The summed E-state index contributed by atoms with van der Waals surface area (Å²) in [5, 5.41) is 23.2. The van der Waals surface area contributed by atoms with Gasteiger partial charge in [0.05, 0.1) is 85.1 Å². The molecule has 4 aliphatic heterocycles. The minimum absolute atomic E-state index is 0.00624. The number of aryl methyl sites for hydroxylation is 3. The number of aliphatic hydroxyl groups excluding tert-OH is 1. The van der Waals surface area contributed by atoms with Gasteiger partial charge in [-0.3, -0.25) is 60.1 Å². The largest absolute Gasteiger partial charge is 0.475 e. The van der Waals surface area contributed by atoms with Gasteiger partial charge in [-0.1, -0.05) is 79.7 Å². The molecule has 0 spiro atoms. The highest BCUT2D eigenvalue weighted by molar-refractivity contribution is 8.07. The lowest BCUT2D eigenvalue weighted by atomic mass is 10.1. The molecule has 13 rings (SSSR count). The Bertz CT molecular complexity index is 6270. The molecular weight excluding hydrogens is 1960 g/mol. The summed E-state index contributed by atoms with van der Waals surface area (Å²) in [4.78, 5) is 135. The van der Waals surface area contributed by atoms with E-state index >= 15 is 4.57 Å². The fourth-order valence-electron chi connectivity index (χ4n) is 15.3. The minimum Gasteiger partial charge on any atom is -0.387 e. The molecule has 9 heterocycles. The average Bonchev–Trinajstić information content (AvgIpc) is 1.61. The number of carbonyl (C=O) groups excluding carboxylic acids is 4. The third-order valence-electron chi connectivity index (χ3n) is 22.2. The zero-order valence-corrected chi connectivity index (χ0v) is 82.5. The van der Waals surface area contributed by atoms with Crippen LogP contribution in [0.2, 0.25) is 0 Å². The summed E-state index contributed by atoms with van der Waals surface area (Å²) in [5.74, 6) is -2.62. The van der Waals surface area contributed by atoms with Gasteiger partial charge in [-0.2, -0.15) is 15.0 Å². The predicted molar refractivity (Wildman–Crippen MR) is 512 cm³/mol. The Hall–Kier alpha value is -10.9. The third kappa shape index (κ3) is 27.6. The van der Waals surface area contributed by atoms with Crippen molar-refractivity contribution in [3.05, 3.63) is 257 Å². The maximum Gasteiger partial charge on any atom is 0.475 e. The van der Waals surface area contributed by atoms with E-state index in [9.17, 15) is 38.7 Å². The second kappa shape index (κ2) is 52.0. The molecule has 0 bridgehead atoms. The van der Waals surface area contributed by atoms with Crippen molar-refractivity contribution < 1.29 is 126 Å². The summed E-state index contributed by atoms with van der Waals surface area (Å²) in [6.07, 6.45) is -17.7. The number of nitrogens with zero attached hydrogens (tertiary/aromatic N) is 13. The van der Waals surface area contributed by atoms with Crippen LogP contribution in [-0.2, 0) is 126 Å². The van der Waals surface area contributed by atoms with Crippen LogP contribution in [-0.4, -0.2) is 291 Å². The normalized spacial score (nSPS) is 23.3. The molecule has 4 aliphatic rings. The molecule has 0 aliphatic carbocycles. The number of carbonyl (C=O) groups is 4. The number of nitrogens with one attached hydrogen (secondary N) is 4. The number of rotatable bonds is 53. The molecule has 4 aromatic carbocycles. The SMILES string of the molecule is [C-]#[N+]CCOP(=O)(OC[C@H]1O[C@@H](n2cc(C)c(NC(=O)c3ccccc3)nc2=O)[C@@H](OCCOC)C1OP(=S)(OCC[N+]#[C-])OC[C@H]1O[C@@H](n2cc(C)c(NC(=O)c3ccccc3)nc2=O)[C@@H](OCCOC)C1O)OC1[C@@H](COP(=S)(OCC[N+]#[C-])OC2[C@@H](CC)O[C@@H](n3cnc4c(NC(=O)c5ccccc5)ncnc43)[C@H]2OCCOC)O[C@@H](n2cc(C)c(NC(=O)c3ccccc3)nc2=O)[C@H]1OCCOC. The summed E-state index contributed by atoms with van der Waals surface area (Å²) >= 11 is 12.7. The Labute approximate surface area is 824 Å². The van der Waals surface area contributed by atoms with E-state index in [1.807, 2.05) is 0 Å². The summed E-state index contributed by atoms with van der Waals surface area (Å²) in [7, 11) is 0.0697. The van der Waals surface area contributed by atoms with E-state index in [1.54, 1.807) is 140 Å². The van der Waals surface area contributed by atoms with E-state index in [1.165, 1.54) is 73.5 Å². The van der Waals surface area contributed by atoms with Crippen molar-refractivity contribution >= 4 is 103 Å². The first kappa shape index (κ1) is 108. The smallest absolute Gasteiger partial charge is 0.387 e. The molecule has 0 radical (unpaired) electrons. The van der Waals surface area contributed by atoms with Crippen LogP contribution in [0.15, 0.2) is 167 Å². The maximum atomic E-state index is 16.8. The van der Waals surface area contributed by atoms with Crippen molar-refractivity contribution in [2.45, 2.75) is 132 Å². The Morgan fingerprint density at radius 3 is 1.13 bits per heavy atom. The quantitative estimate of drug-likeness (QED) is 0.0135. The first-order valence-corrected chi connectivity index (χ1v) is 51.1. The number of hydrogen-bond donors (Lipinski definition) is 5. The van der Waals surface area contributed by atoms with E-state index in [2.05, 4.69) is 65.7 Å². The van der Waals surface area contributed by atoms with E-state index < -0.39 is 206 Å². The van der Waals surface area contributed by atoms with Gasteiger partial charge in [-0.15, -0.1) is 0 Å².